The number of hydrogen-bond acceptors (Lipinski definition) is 2. The van der Waals surface area contributed by atoms with Gasteiger partial charge in [-0.25, -0.2) is 0 Å². The number of nitrogen functional groups attached to an aromatic ring is 1. The molecule has 1 aromatic carbocycles. The third-order valence-electron chi connectivity index (χ3n) is 3.18. The van der Waals surface area contributed by atoms with Gasteiger partial charge in [0, 0.05) is 5.56 Å². The van der Waals surface area contributed by atoms with E-state index in [1.807, 2.05) is 24.3 Å². The molecule has 86 valence electrons. The van der Waals surface area contributed by atoms with Crippen molar-refractivity contribution in [2.45, 2.75) is 25.7 Å². The fraction of sp³-hybridized carbons (Fsp3) is 0.462. The molecule has 2 rings (SSSR count). The van der Waals surface area contributed by atoms with E-state index in [1.54, 1.807) is 0 Å². The lowest BCUT2D eigenvalue weighted by Gasteiger charge is -2.24. The molecular weight excluding hydrogens is 200 g/mol. The van der Waals surface area contributed by atoms with Crippen LogP contribution in [0.3, 0.4) is 0 Å². The van der Waals surface area contributed by atoms with Gasteiger partial charge in [0.25, 0.3) is 0 Å². The minimum Gasteiger partial charge on any atom is -0.494 e. The Labute approximate surface area is 96.1 Å². The molecule has 1 aliphatic carbocycles. The second-order valence-corrected chi connectivity index (χ2v) is 4.37. The van der Waals surface area contributed by atoms with Crippen molar-refractivity contribution < 1.29 is 4.74 Å². The zero-order valence-corrected chi connectivity index (χ0v) is 9.41. The van der Waals surface area contributed by atoms with Gasteiger partial charge in [-0.15, -0.1) is 0 Å². The molecular formula is C13H18N2O. The van der Waals surface area contributed by atoms with Gasteiger partial charge in [0.1, 0.15) is 11.6 Å². The lowest BCUT2D eigenvalue weighted by atomic mass is 9.83. The summed E-state index contributed by atoms with van der Waals surface area (Å²) in [5, 5.41) is 7.27. The van der Waals surface area contributed by atoms with Crippen molar-refractivity contribution in [1.29, 1.82) is 5.41 Å². The molecule has 1 fully saturated rings. The number of hydrogen-bond donors (Lipinski definition) is 2. The van der Waals surface area contributed by atoms with E-state index >= 15 is 0 Å². The lowest BCUT2D eigenvalue weighted by Crippen LogP contribution is -2.14. The molecule has 1 saturated carbocycles. The zero-order valence-electron chi connectivity index (χ0n) is 9.41. The number of rotatable bonds is 5. The van der Waals surface area contributed by atoms with E-state index in [0.717, 1.165) is 30.3 Å². The fourth-order valence-electron chi connectivity index (χ4n) is 1.86. The van der Waals surface area contributed by atoms with E-state index < -0.39 is 0 Å². The summed E-state index contributed by atoms with van der Waals surface area (Å²) in [7, 11) is 0. The smallest absolute Gasteiger partial charge is 0.122 e. The molecule has 0 heterocycles. The second kappa shape index (κ2) is 5.01. The van der Waals surface area contributed by atoms with Gasteiger partial charge in [0.15, 0.2) is 0 Å². The summed E-state index contributed by atoms with van der Waals surface area (Å²) < 4.78 is 5.64. The average molecular weight is 218 g/mol. The Morgan fingerprint density at radius 1 is 1.31 bits per heavy atom. The van der Waals surface area contributed by atoms with E-state index in [0.29, 0.717) is 0 Å². The van der Waals surface area contributed by atoms with Gasteiger partial charge in [-0.3, -0.25) is 5.41 Å². The number of nitrogens with one attached hydrogen (secondary N) is 1. The minimum atomic E-state index is 0.0982. The van der Waals surface area contributed by atoms with Crippen molar-refractivity contribution in [2.75, 3.05) is 6.61 Å². The highest BCUT2D eigenvalue weighted by Gasteiger charge is 2.16. The minimum absolute atomic E-state index is 0.0982. The van der Waals surface area contributed by atoms with E-state index in [4.69, 9.17) is 15.9 Å². The van der Waals surface area contributed by atoms with E-state index in [2.05, 4.69) is 0 Å². The number of amidine groups is 1. The Balaban J connectivity index is 1.78. The van der Waals surface area contributed by atoms with Gasteiger partial charge >= 0.3 is 0 Å². The van der Waals surface area contributed by atoms with Crippen molar-refractivity contribution in [1.82, 2.24) is 0 Å². The standard InChI is InChI=1S/C13H18N2O/c14-13(15)11-4-6-12(7-5-11)16-9-8-10-2-1-3-10/h4-7,10H,1-3,8-9H2,(H3,14,15). The predicted molar refractivity (Wildman–Crippen MR) is 64.9 cm³/mol. The first-order chi connectivity index (χ1) is 7.75. The zero-order chi connectivity index (χ0) is 11.4. The van der Waals surface area contributed by atoms with Crippen LogP contribution >= 0.6 is 0 Å². The van der Waals surface area contributed by atoms with Crippen LogP contribution in [0, 0.1) is 11.3 Å². The summed E-state index contributed by atoms with van der Waals surface area (Å²) in [6.45, 7) is 0.796. The molecule has 0 aromatic heterocycles. The number of benzene rings is 1. The highest BCUT2D eigenvalue weighted by Crippen LogP contribution is 2.29. The van der Waals surface area contributed by atoms with Gasteiger partial charge in [-0.2, -0.15) is 0 Å². The van der Waals surface area contributed by atoms with Crippen LogP contribution in [-0.2, 0) is 0 Å². The highest BCUT2D eigenvalue weighted by atomic mass is 16.5. The lowest BCUT2D eigenvalue weighted by molar-refractivity contribution is 0.222. The summed E-state index contributed by atoms with van der Waals surface area (Å²) in [5.74, 6) is 1.85. The molecule has 1 aromatic rings. The van der Waals surface area contributed by atoms with Gasteiger partial charge in [-0.05, 0) is 36.6 Å². The molecule has 0 amide bonds. The van der Waals surface area contributed by atoms with Crippen LogP contribution in [0.4, 0.5) is 0 Å². The first-order valence-electron chi connectivity index (χ1n) is 5.83. The Kier molecular flexibility index (Phi) is 3.44. The summed E-state index contributed by atoms with van der Waals surface area (Å²) >= 11 is 0. The molecule has 0 spiro atoms. The van der Waals surface area contributed by atoms with Crippen LogP contribution in [-0.4, -0.2) is 12.4 Å². The third-order valence-corrected chi connectivity index (χ3v) is 3.18. The maximum Gasteiger partial charge on any atom is 0.122 e. The average Bonchev–Trinajstić information content (AvgIpc) is 2.22. The largest absolute Gasteiger partial charge is 0.494 e. The van der Waals surface area contributed by atoms with Crippen LogP contribution in [0.5, 0.6) is 5.75 Å². The maximum atomic E-state index is 7.27. The monoisotopic (exact) mass is 218 g/mol. The molecule has 0 radical (unpaired) electrons. The first kappa shape index (κ1) is 11.0. The molecule has 1 aliphatic rings. The fourth-order valence-corrected chi connectivity index (χ4v) is 1.86. The van der Waals surface area contributed by atoms with Crippen molar-refractivity contribution >= 4 is 5.84 Å². The molecule has 16 heavy (non-hydrogen) atoms. The van der Waals surface area contributed by atoms with Crippen LogP contribution in [0.2, 0.25) is 0 Å². The van der Waals surface area contributed by atoms with Crippen molar-refractivity contribution in [3.8, 4) is 5.75 Å². The molecule has 3 heteroatoms. The molecule has 0 aliphatic heterocycles. The Morgan fingerprint density at radius 3 is 2.50 bits per heavy atom. The Bertz CT molecular complexity index is 355. The SMILES string of the molecule is N=C(N)c1ccc(OCCC2CCC2)cc1. The summed E-state index contributed by atoms with van der Waals surface area (Å²) in [6, 6.07) is 7.39. The second-order valence-electron chi connectivity index (χ2n) is 4.37. The van der Waals surface area contributed by atoms with Crippen LogP contribution in [0.15, 0.2) is 24.3 Å². The van der Waals surface area contributed by atoms with Crippen LogP contribution in [0.1, 0.15) is 31.2 Å². The summed E-state index contributed by atoms with van der Waals surface area (Å²) in [5.41, 5.74) is 6.11. The maximum absolute atomic E-state index is 7.27. The highest BCUT2D eigenvalue weighted by molar-refractivity contribution is 5.94. The van der Waals surface area contributed by atoms with Crippen molar-refractivity contribution in [3.63, 3.8) is 0 Å². The van der Waals surface area contributed by atoms with Crippen molar-refractivity contribution in [2.24, 2.45) is 11.7 Å². The summed E-state index contributed by atoms with van der Waals surface area (Å²) in [6.07, 6.45) is 5.28. The van der Waals surface area contributed by atoms with Gasteiger partial charge in [0.2, 0.25) is 0 Å². The van der Waals surface area contributed by atoms with Crippen molar-refractivity contribution in [3.05, 3.63) is 29.8 Å². The quantitative estimate of drug-likeness (QED) is 0.589. The molecule has 0 bridgehead atoms. The molecule has 0 atom stereocenters. The topological polar surface area (TPSA) is 59.1 Å². The van der Waals surface area contributed by atoms with E-state index in [1.165, 1.54) is 19.3 Å². The first-order valence-corrected chi connectivity index (χ1v) is 5.83. The summed E-state index contributed by atoms with van der Waals surface area (Å²) in [4.78, 5) is 0. The number of nitrogens with two attached hydrogens (primary N) is 1. The molecule has 0 unspecified atom stereocenters. The van der Waals surface area contributed by atoms with Gasteiger partial charge in [0.05, 0.1) is 6.61 Å². The molecule has 3 N–H and O–H groups in total. The third kappa shape index (κ3) is 2.75. The predicted octanol–water partition coefficient (Wildman–Crippen LogP) is 2.54. The Hall–Kier alpha value is -1.51. The molecule has 3 nitrogen and oxygen atoms in total. The van der Waals surface area contributed by atoms with E-state index in [9.17, 15) is 0 Å². The van der Waals surface area contributed by atoms with Crippen LogP contribution in [0.25, 0.3) is 0 Å². The van der Waals surface area contributed by atoms with Gasteiger partial charge < -0.3 is 10.5 Å². The normalized spacial score (nSPS) is 15.5. The van der Waals surface area contributed by atoms with Gasteiger partial charge in [-0.1, -0.05) is 19.3 Å². The molecule has 0 saturated heterocycles. The van der Waals surface area contributed by atoms with E-state index in [-0.39, 0.29) is 5.84 Å². The number of ether oxygens (including phenoxy) is 1. The van der Waals surface area contributed by atoms with Crippen LogP contribution < -0.4 is 10.5 Å². The Morgan fingerprint density at radius 2 is 2.00 bits per heavy atom.